The Morgan fingerprint density at radius 2 is 2.19 bits per heavy atom. The van der Waals surface area contributed by atoms with E-state index >= 15 is 0 Å². The number of aryl methyl sites for hydroxylation is 1. The summed E-state index contributed by atoms with van der Waals surface area (Å²) < 4.78 is 5.39. The van der Waals surface area contributed by atoms with Gasteiger partial charge in [0, 0.05) is 30.6 Å². The van der Waals surface area contributed by atoms with Crippen molar-refractivity contribution in [3.63, 3.8) is 0 Å². The second-order valence-electron chi connectivity index (χ2n) is 4.23. The summed E-state index contributed by atoms with van der Waals surface area (Å²) >= 11 is 1.88. The molecule has 0 unspecified atom stereocenters. The van der Waals surface area contributed by atoms with Gasteiger partial charge in [-0.25, -0.2) is 4.98 Å². The Balaban J connectivity index is 2.03. The lowest BCUT2D eigenvalue weighted by Crippen LogP contribution is -2.13. The van der Waals surface area contributed by atoms with Crippen LogP contribution in [0.3, 0.4) is 0 Å². The summed E-state index contributed by atoms with van der Waals surface area (Å²) in [6, 6.07) is 0. The van der Waals surface area contributed by atoms with E-state index in [0.717, 1.165) is 39.1 Å². The predicted molar refractivity (Wildman–Crippen MR) is 67.0 cm³/mol. The molecular weight excluding hydrogens is 220 g/mol. The summed E-state index contributed by atoms with van der Waals surface area (Å²) in [5.41, 5.74) is 1.20. The Morgan fingerprint density at radius 3 is 2.88 bits per heavy atom. The number of aromatic nitrogens is 1. The van der Waals surface area contributed by atoms with Crippen LogP contribution >= 0.6 is 11.3 Å². The van der Waals surface area contributed by atoms with Crippen LogP contribution in [0, 0.1) is 6.92 Å². The molecule has 2 rings (SSSR count). The molecule has 1 aromatic rings. The SMILES string of the molecule is CCNCc1sc(C2CCOCC2)nc1C. The average Bonchev–Trinajstić information content (AvgIpc) is 2.69. The van der Waals surface area contributed by atoms with Gasteiger partial charge in [0.25, 0.3) is 0 Å². The molecule has 0 saturated carbocycles. The Bertz CT molecular complexity index is 332. The molecule has 1 aromatic heterocycles. The first-order valence-corrected chi connectivity index (χ1v) is 6.87. The van der Waals surface area contributed by atoms with Crippen molar-refractivity contribution in [1.29, 1.82) is 0 Å². The second-order valence-corrected chi connectivity index (χ2v) is 5.34. The molecule has 0 aromatic carbocycles. The number of hydrogen-bond acceptors (Lipinski definition) is 4. The van der Waals surface area contributed by atoms with E-state index in [2.05, 4.69) is 19.2 Å². The van der Waals surface area contributed by atoms with Crippen LogP contribution in [0.4, 0.5) is 0 Å². The summed E-state index contributed by atoms with van der Waals surface area (Å²) in [5.74, 6) is 0.632. The van der Waals surface area contributed by atoms with Crippen LogP contribution in [0.25, 0.3) is 0 Å². The third-order valence-electron chi connectivity index (χ3n) is 3.02. The molecule has 1 aliphatic rings. The smallest absolute Gasteiger partial charge is 0.0964 e. The first-order valence-electron chi connectivity index (χ1n) is 6.06. The van der Waals surface area contributed by atoms with E-state index < -0.39 is 0 Å². The van der Waals surface area contributed by atoms with Gasteiger partial charge in [-0.2, -0.15) is 0 Å². The van der Waals surface area contributed by atoms with Crippen molar-refractivity contribution in [3.8, 4) is 0 Å². The van der Waals surface area contributed by atoms with Crippen LogP contribution in [0.15, 0.2) is 0 Å². The summed E-state index contributed by atoms with van der Waals surface area (Å²) in [6.45, 7) is 8.02. The third-order valence-corrected chi connectivity index (χ3v) is 4.34. The lowest BCUT2D eigenvalue weighted by atomic mass is 10.0. The van der Waals surface area contributed by atoms with E-state index in [1.807, 2.05) is 11.3 Å². The average molecular weight is 240 g/mol. The van der Waals surface area contributed by atoms with Gasteiger partial charge in [0.15, 0.2) is 0 Å². The Labute approximate surface area is 101 Å². The molecule has 1 saturated heterocycles. The highest BCUT2D eigenvalue weighted by molar-refractivity contribution is 7.11. The van der Waals surface area contributed by atoms with Gasteiger partial charge in [0.05, 0.1) is 10.7 Å². The van der Waals surface area contributed by atoms with E-state index in [4.69, 9.17) is 9.72 Å². The monoisotopic (exact) mass is 240 g/mol. The minimum Gasteiger partial charge on any atom is -0.381 e. The van der Waals surface area contributed by atoms with Crippen LogP contribution in [0.1, 0.15) is 41.3 Å². The van der Waals surface area contributed by atoms with E-state index in [9.17, 15) is 0 Å². The normalized spacial score (nSPS) is 17.9. The molecule has 3 nitrogen and oxygen atoms in total. The lowest BCUT2D eigenvalue weighted by Gasteiger charge is -2.19. The maximum Gasteiger partial charge on any atom is 0.0964 e. The third kappa shape index (κ3) is 2.81. The minimum atomic E-state index is 0.632. The highest BCUT2D eigenvalue weighted by atomic mass is 32.1. The van der Waals surface area contributed by atoms with Crippen LogP contribution < -0.4 is 5.32 Å². The van der Waals surface area contributed by atoms with Crippen LogP contribution in [0.2, 0.25) is 0 Å². The van der Waals surface area contributed by atoms with Crippen LogP contribution in [-0.4, -0.2) is 24.7 Å². The minimum absolute atomic E-state index is 0.632. The summed E-state index contributed by atoms with van der Waals surface area (Å²) in [6.07, 6.45) is 2.27. The standard InChI is InChI=1S/C12H20N2OS/c1-3-13-8-11-9(2)14-12(16-11)10-4-6-15-7-5-10/h10,13H,3-8H2,1-2H3. The molecule has 2 heterocycles. The van der Waals surface area contributed by atoms with Crippen molar-refractivity contribution < 1.29 is 4.74 Å². The number of rotatable bonds is 4. The van der Waals surface area contributed by atoms with Gasteiger partial charge in [-0.15, -0.1) is 11.3 Å². The highest BCUT2D eigenvalue weighted by Crippen LogP contribution is 2.31. The van der Waals surface area contributed by atoms with Crippen molar-refractivity contribution in [1.82, 2.24) is 10.3 Å². The van der Waals surface area contributed by atoms with Crippen LogP contribution in [0.5, 0.6) is 0 Å². The van der Waals surface area contributed by atoms with Crippen molar-refractivity contribution in [2.75, 3.05) is 19.8 Å². The quantitative estimate of drug-likeness (QED) is 0.878. The summed E-state index contributed by atoms with van der Waals surface area (Å²) in [7, 11) is 0. The van der Waals surface area contributed by atoms with Gasteiger partial charge in [0.2, 0.25) is 0 Å². The number of hydrogen-bond donors (Lipinski definition) is 1. The zero-order valence-electron chi connectivity index (χ0n) is 10.1. The topological polar surface area (TPSA) is 34.1 Å². The molecule has 0 aliphatic carbocycles. The first-order chi connectivity index (χ1) is 7.81. The molecule has 1 aliphatic heterocycles. The lowest BCUT2D eigenvalue weighted by molar-refractivity contribution is 0.0852. The molecule has 0 radical (unpaired) electrons. The van der Waals surface area contributed by atoms with Gasteiger partial charge >= 0.3 is 0 Å². The molecule has 1 fully saturated rings. The van der Waals surface area contributed by atoms with Crippen molar-refractivity contribution >= 4 is 11.3 Å². The largest absolute Gasteiger partial charge is 0.381 e. The fraction of sp³-hybridized carbons (Fsp3) is 0.750. The van der Waals surface area contributed by atoms with E-state index in [1.54, 1.807) is 0 Å². The fourth-order valence-corrected chi connectivity index (χ4v) is 3.18. The van der Waals surface area contributed by atoms with E-state index in [1.165, 1.54) is 15.6 Å². The molecule has 4 heteroatoms. The van der Waals surface area contributed by atoms with E-state index in [-0.39, 0.29) is 0 Å². The second kappa shape index (κ2) is 5.75. The number of nitrogens with one attached hydrogen (secondary N) is 1. The molecule has 0 spiro atoms. The molecule has 1 N–H and O–H groups in total. The fourth-order valence-electron chi connectivity index (χ4n) is 1.97. The molecular formula is C12H20N2OS. The summed E-state index contributed by atoms with van der Waals surface area (Å²) in [5, 5.41) is 4.68. The molecule has 16 heavy (non-hydrogen) atoms. The van der Waals surface area contributed by atoms with Gasteiger partial charge in [0.1, 0.15) is 0 Å². The van der Waals surface area contributed by atoms with Gasteiger partial charge in [-0.05, 0) is 26.3 Å². The van der Waals surface area contributed by atoms with Crippen LogP contribution in [-0.2, 0) is 11.3 Å². The van der Waals surface area contributed by atoms with Crippen molar-refractivity contribution in [3.05, 3.63) is 15.6 Å². The van der Waals surface area contributed by atoms with Crippen molar-refractivity contribution in [2.45, 2.75) is 39.2 Å². The predicted octanol–water partition coefficient (Wildman–Crippen LogP) is 2.46. The molecule has 0 atom stereocenters. The maximum atomic E-state index is 5.39. The van der Waals surface area contributed by atoms with Gasteiger partial charge < -0.3 is 10.1 Å². The van der Waals surface area contributed by atoms with Gasteiger partial charge in [-0.3, -0.25) is 0 Å². The molecule has 90 valence electrons. The maximum absolute atomic E-state index is 5.39. The number of thiazole rings is 1. The highest BCUT2D eigenvalue weighted by Gasteiger charge is 2.20. The molecule has 0 amide bonds. The van der Waals surface area contributed by atoms with Gasteiger partial charge in [-0.1, -0.05) is 6.92 Å². The summed E-state index contributed by atoms with van der Waals surface area (Å²) in [4.78, 5) is 6.10. The van der Waals surface area contributed by atoms with E-state index in [0.29, 0.717) is 5.92 Å². The zero-order chi connectivity index (χ0) is 11.4. The molecule has 0 bridgehead atoms. The Kier molecular flexibility index (Phi) is 4.32. The zero-order valence-corrected chi connectivity index (χ0v) is 10.9. The number of ether oxygens (including phenoxy) is 1. The first kappa shape index (κ1) is 12.0. The Morgan fingerprint density at radius 1 is 1.44 bits per heavy atom. The number of nitrogens with zero attached hydrogens (tertiary/aromatic N) is 1. The van der Waals surface area contributed by atoms with Crippen molar-refractivity contribution in [2.24, 2.45) is 0 Å². The Hall–Kier alpha value is -0.450.